The number of aromatic carboxylic acids is 1. The fourth-order valence-electron chi connectivity index (χ4n) is 0.494. The molecule has 0 fully saturated rings. The van der Waals surface area contributed by atoms with Crippen LogP contribution in [0.3, 0.4) is 0 Å². The molecule has 0 atom stereocenters. The van der Waals surface area contributed by atoms with Crippen molar-refractivity contribution < 1.29 is 9.90 Å². The van der Waals surface area contributed by atoms with Crippen molar-refractivity contribution in [2.24, 2.45) is 0 Å². The van der Waals surface area contributed by atoms with Gasteiger partial charge in [0, 0.05) is 31.3 Å². The first-order valence-electron chi connectivity index (χ1n) is 2.44. The maximum Gasteiger partial charge on any atom is 0.335 e. The molecule has 47 valence electrons. The van der Waals surface area contributed by atoms with Gasteiger partial charge in [-0.1, -0.05) is 0 Å². The Labute approximate surface area is 70.3 Å². The zero-order valence-electron chi connectivity index (χ0n) is 5.61. The van der Waals surface area contributed by atoms with Crippen molar-refractivity contribution in [1.82, 2.24) is 4.98 Å². The van der Waals surface area contributed by atoms with E-state index in [4.69, 9.17) is 5.11 Å². The third kappa shape index (κ3) is 2.22. The number of nitrogens with zero attached hydrogens (tertiary/aromatic N) is 1. The van der Waals surface area contributed by atoms with E-state index in [0.29, 0.717) is 0 Å². The molecule has 1 rings (SSSR count). The van der Waals surface area contributed by atoms with Gasteiger partial charge in [-0.15, -0.1) is 0 Å². The second-order valence-electron chi connectivity index (χ2n) is 1.54. The van der Waals surface area contributed by atoms with Crippen LogP contribution in [0.15, 0.2) is 24.5 Å². The summed E-state index contributed by atoms with van der Waals surface area (Å²) >= 11 is 0. The van der Waals surface area contributed by atoms with Crippen LogP contribution in [-0.2, 0) is 0 Å². The average molecular weight is 130 g/mol. The van der Waals surface area contributed by atoms with Crippen LogP contribution in [0.5, 0.6) is 0 Å². The number of hydrogen-bond acceptors (Lipinski definition) is 2. The molecule has 4 heteroatoms. The van der Waals surface area contributed by atoms with Crippen molar-refractivity contribution in [2.45, 2.75) is 0 Å². The molecule has 0 spiro atoms. The van der Waals surface area contributed by atoms with E-state index in [0.717, 1.165) is 0 Å². The van der Waals surface area contributed by atoms with Gasteiger partial charge in [-0.2, -0.15) is 0 Å². The Kier molecular flexibility index (Phi) is 3.78. The van der Waals surface area contributed by atoms with Gasteiger partial charge >= 0.3 is 5.97 Å². The molecular weight excluding hydrogens is 125 g/mol. The quantitative estimate of drug-likeness (QED) is 0.559. The SMILES string of the molecule is O=C(O)c1ccncc1.[Li]. The fraction of sp³-hybridized carbons (Fsp3) is 0. The number of hydrogen-bond donors (Lipinski definition) is 1. The molecule has 0 aliphatic carbocycles. The second-order valence-corrected chi connectivity index (χ2v) is 1.54. The van der Waals surface area contributed by atoms with E-state index in [-0.39, 0.29) is 24.4 Å². The van der Waals surface area contributed by atoms with E-state index in [2.05, 4.69) is 4.98 Å². The smallest absolute Gasteiger partial charge is 0.335 e. The summed E-state index contributed by atoms with van der Waals surface area (Å²) in [6.45, 7) is 0. The maximum absolute atomic E-state index is 10.2. The Balaban J connectivity index is 0.000000810. The van der Waals surface area contributed by atoms with Crippen LogP contribution in [0.25, 0.3) is 0 Å². The van der Waals surface area contributed by atoms with Crippen molar-refractivity contribution in [3.05, 3.63) is 30.1 Å². The third-order valence-corrected chi connectivity index (χ3v) is 0.927. The Bertz CT molecular complexity index is 212. The maximum atomic E-state index is 10.2. The van der Waals surface area contributed by atoms with E-state index in [9.17, 15) is 4.79 Å². The molecule has 0 aliphatic rings. The summed E-state index contributed by atoms with van der Waals surface area (Å²) in [4.78, 5) is 13.8. The first-order chi connectivity index (χ1) is 4.30. The molecule has 0 unspecified atom stereocenters. The van der Waals surface area contributed by atoms with Crippen LogP contribution in [0.1, 0.15) is 10.4 Å². The molecule has 0 aromatic carbocycles. The van der Waals surface area contributed by atoms with Crippen LogP contribution in [-0.4, -0.2) is 34.9 Å². The first kappa shape index (κ1) is 9.22. The number of carboxylic acids is 1. The molecule has 10 heavy (non-hydrogen) atoms. The standard InChI is InChI=1S/C6H5NO2.Li/c8-6(9)5-1-3-7-4-2-5;/h1-4H,(H,8,9);. The van der Waals surface area contributed by atoms with Gasteiger partial charge in [-0.05, 0) is 12.1 Å². The van der Waals surface area contributed by atoms with Crippen molar-refractivity contribution in [3.63, 3.8) is 0 Å². The summed E-state index contributed by atoms with van der Waals surface area (Å²) in [6, 6.07) is 2.89. The molecule has 0 aliphatic heterocycles. The van der Waals surface area contributed by atoms with Gasteiger partial charge in [-0.3, -0.25) is 4.98 Å². The monoisotopic (exact) mass is 130 g/mol. The van der Waals surface area contributed by atoms with Crippen LogP contribution >= 0.6 is 0 Å². The Hall–Kier alpha value is -0.783. The van der Waals surface area contributed by atoms with Crippen molar-refractivity contribution >= 4 is 24.8 Å². The molecule has 1 heterocycles. The minimum atomic E-state index is -0.919. The van der Waals surface area contributed by atoms with E-state index in [1.54, 1.807) is 0 Å². The topological polar surface area (TPSA) is 50.2 Å². The van der Waals surface area contributed by atoms with Gasteiger partial charge in [0.25, 0.3) is 0 Å². The first-order valence-corrected chi connectivity index (χ1v) is 2.44. The summed E-state index contributed by atoms with van der Waals surface area (Å²) in [5, 5.41) is 8.36. The van der Waals surface area contributed by atoms with E-state index < -0.39 is 5.97 Å². The molecule has 0 saturated heterocycles. The van der Waals surface area contributed by atoms with Gasteiger partial charge in [0.05, 0.1) is 5.56 Å². The number of carboxylic acid groups (broad SMARTS) is 1. The molecule has 1 aromatic heterocycles. The molecule has 1 radical (unpaired) electrons. The van der Waals surface area contributed by atoms with Crippen LogP contribution < -0.4 is 0 Å². The number of rotatable bonds is 1. The summed E-state index contributed by atoms with van der Waals surface area (Å²) in [5.74, 6) is -0.919. The van der Waals surface area contributed by atoms with Crippen molar-refractivity contribution in [2.75, 3.05) is 0 Å². The molecule has 0 saturated carbocycles. The predicted molar refractivity (Wildman–Crippen MR) is 37.0 cm³/mol. The molecular formula is C6H5LiNO2. The third-order valence-electron chi connectivity index (χ3n) is 0.927. The van der Waals surface area contributed by atoms with Crippen LogP contribution in [0.4, 0.5) is 0 Å². The van der Waals surface area contributed by atoms with Gasteiger partial charge in [-0.25, -0.2) is 4.79 Å². The normalized spacial score (nSPS) is 8.00. The largest absolute Gasteiger partial charge is 0.478 e. The van der Waals surface area contributed by atoms with Gasteiger partial charge in [0.15, 0.2) is 0 Å². The van der Waals surface area contributed by atoms with Crippen molar-refractivity contribution in [1.29, 1.82) is 0 Å². The average Bonchev–Trinajstić information content (AvgIpc) is 1.90. The Morgan fingerprint density at radius 3 is 2.20 bits per heavy atom. The predicted octanol–water partition coefficient (Wildman–Crippen LogP) is 0.399. The molecule has 1 aromatic rings. The summed E-state index contributed by atoms with van der Waals surface area (Å²) < 4.78 is 0. The summed E-state index contributed by atoms with van der Waals surface area (Å²) in [7, 11) is 0. The summed E-state index contributed by atoms with van der Waals surface area (Å²) in [5.41, 5.74) is 0.269. The second kappa shape index (κ2) is 4.10. The fourth-order valence-corrected chi connectivity index (χ4v) is 0.494. The zero-order chi connectivity index (χ0) is 6.69. The van der Waals surface area contributed by atoms with Crippen LogP contribution in [0.2, 0.25) is 0 Å². The molecule has 3 nitrogen and oxygen atoms in total. The minimum absolute atomic E-state index is 0. The molecule has 1 N–H and O–H groups in total. The van der Waals surface area contributed by atoms with Gasteiger partial charge in [0.2, 0.25) is 0 Å². The van der Waals surface area contributed by atoms with E-state index in [1.807, 2.05) is 0 Å². The van der Waals surface area contributed by atoms with E-state index in [1.165, 1.54) is 24.5 Å². The Morgan fingerprint density at radius 1 is 1.40 bits per heavy atom. The van der Waals surface area contributed by atoms with Gasteiger partial charge < -0.3 is 5.11 Å². The van der Waals surface area contributed by atoms with Crippen molar-refractivity contribution in [3.8, 4) is 0 Å². The van der Waals surface area contributed by atoms with Crippen LogP contribution in [0, 0.1) is 0 Å². The summed E-state index contributed by atoms with van der Waals surface area (Å²) in [6.07, 6.45) is 2.90. The zero-order valence-corrected chi connectivity index (χ0v) is 5.61. The van der Waals surface area contributed by atoms with Gasteiger partial charge in [0.1, 0.15) is 0 Å². The number of carbonyl (C=O) groups is 1. The number of aromatic nitrogens is 1. The molecule has 0 amide bonds. The minimum Gasteiger partial charge on any atom is -0.478 e. The van der Waals surface area contributed by atoms with E-state index >= 15 is 0 Å². The molecule has 0 bridgehead atoms. The Morgan fingerprint density at radius 2 is 1.90 bits per heavy atom. The number of pyridine rings is 1.